The summed E-state index contributed by atoms with van der Waals surface area (Å²) in [5.74, 6) is -0.00805. The lowest BCUT2D eigenvalue weighted by Crippen LogP contribution is -2.51. The van der Waals surface area contributed by atoms with Crippen LogP contribution >= 0.6 is 15.9 Å². The topological polar surface area (TPSA) is 86.4 Å². The van der Waals surface area contributed by atoms with Crippen molar-refractivity contribution in [3.63, 3.8) is 0 Å². The van der Waals surface area contributed by atoms with Crippen LogP contribution < -0.4 is 0 Å². The number of halogens is 1. The molecule has 26 heavy (non-hydrogen) atoms. The van der Waals surface area contributed by atoms with Gasteiger partial charge >= 0.3 is 0 Å². The molecular formula is C17H21BrN4O3S. The standard InChI is InChI=1S/C17H21BrN4O3S/c1-2-11-26(24,25)22-9-7-21(8-10-22)17(23)16-12-15(19-20-16)13-3-5-14(18)6-4-13/h3-6,12H,2,7-11H2,1H3,(H,19,20). The van der Waals surface area contributed by atoms with Crippen LogP contribution in [0, 0.1) is 0 Å². The van der Waals surface area contributed by atoms with Crippen LogP contribution in [0.25, 0.3) is 11.3 Å². The zero-order valence-electron chi connectivity index (χ0n) is 14.5. The molecule has 140 valence electrons. The molecule has 0 aliphatic carbocycles. The van der Waals surface area contributed by atoms with Gasteiger partial charge in [-0.2, -0.15) is 9.40 Å². The van der Waals surface area contributed by atoms with E-state index in [0.717, 1.165) is 10.0 Å². The van der Waals surface area contributed by atoms with Gasteiger partial charge in [0.1, 0.15) is 5.69 Å². The van der Waals surface area contributed by atoms with E-state index >= 15 is 0 Å². The molecule has 2 aromatic rings. The molecule has 0 saturated carbocycles. The van der Waals surface area contributed by atoms with Gasteiger partial charge in [0.05, 0.1) is 11.4 Å². The highest BCUT2D eigenvalue weighted by Crippen LogP contribution is 2.21. The number of aromatic amines is 1. The maximum absolute atomic E-state index is 12.7. The molecule has 0 unspecified atom stereocenters. The Labute approximate surface area is 161 Å². The van der Waals surface area contributed by atoms with E-state index in [1.165, 1.54) is 4.31 Å². The van der Waals surface area contributed by atoms with Gasteiger partial charge < -0.3 is 4.90 Å². The largest absolute Gasteiger partial charge is 0.335 e. The number of H-pyrrole nitrogens is 1. The van der Waals surface area contributed by atoms with Crippen LogP contribution in [0.4, 0.5) is 0 Å². The van der Waals surface area contributed by atoms with E-state index in [0.29, 0.717) is 44.0 Å². The molecule has 1 aromatic carbocycles. The van der Waals surface area contributed by atoms with E-state index in [1.807, 2.05) is 31.2 Å². The fourth-order valence-corrected chi connectivity index (χ4v) is 4.68. The van der Waals surface area contributed by atoms with E-state index < -0.39 is 10.0 Å². The van der Waals surface area contributed by atoms with Crippen molar-refractivity contribution >= 4 is 31.9 Å². The van der Waals surface area contributed by atoms with Gasteiger partial charge in [-0.15, -0.1) is 0 Å². The fraction of sp³-hybridized carbons (Fsp3) is 0.412. The number of benzene rings is 1. The van der Waals surface area contributed by atoms with E-state index in [4.69, 9.17) is 0 Å². The summed E-state index contributed by atoms with van der Waals surface area (Å²) in [5.41, 5.74) is 2.02. The molecule has 1 amide bonds. The SMILES string of the molecule is CCCS(=O)(=O)N1CCN(C(=O)c2cc(-c3ccc(Br)cc3)n[nH]2)CC1. The van der Waals surface area contributed by atoms with Crippen molar-refractivity contribution in [1.82, 2.24) is 19.4 Å². The highest BCUT2D eigenvalue weighted by atomic mass is 79.9. The van der Waals surface area contributed by atoms with Crippen LogP contribution in [0.5, 0.6) is 0 Å². The predicted octanol–water partition coefficient (Wildman–Crippen LogP) is 2.34. The minimum atomic E-state index is -3.21. The van der Waals surface area contributed by atoms with E-state index in [1.54, 1.807) is 11.0 Å². The molecule has 0 spiro atoms. The first-order valence-corrected chi connectivity index (χ1v) is 10.9. The second kappa shape index (κ2) is 7.89. The first-order valence-electron chi connectivity index (χ1n) is 8.49. The number of nitrogens with one attached hydrogen (secondary N) is 1. The Morgan fingerprint density at radius 1 is 1.19 bits per heavy atom. The quantitative estimate of drug-likeness (QED) is 0.772. The van der Waals surface area contributed by atoms with E-state index in [9.17, 15) is 13.2 Å². The number of rotatable bonds is 5. The molecule has 1 fully saturated rings. The molecule has 0 radical (unpaired) electrons. The van der Waals surface area contributed by atoms with Gasteiger partial charge in [0.15, 0.2) is 0 Å². The summed E-state index contributed by atoms with van der Waals surface area (Å²) in [6, 6.07) is 9.41. The molecular weight excluding hydrogens is 420 g/mol. The van der Waals surface area contributed by atoms with Gasteiger partial charge in [-0.3, -0.25) is 9.89 Å². The monoisotopic (exact) mass is 440 g/mol. The molecule has 1 N–H and O–H groups in total. The Morgan fingerprint density at radius 3 is 2.46 bits per heavy atom. The number of nitrogens with zero attached hydrogens (tertiary/aromatic N) is 3. The van der Waals surface area contributed by atoms with Crippen molar-refractivity contribution in [2.75, 3.05) is 31.9 Å². The van der Waals surface area contributed by atoms with Gasteiger partial charge in [0.2, 0.25) is 10.0 Å². The molecule has 3 rings (SSSR count). The van der Waals surface area contributed by atoms with E-state index in [-0.39, 0.29) is 11.7 Å². The van der Waals surface area contributed by atoms with Crippen LogP contribution in [-0.4, -0.2) is 65.7 Å². The number of amides is 1. The minimum Gasteiger partial charge on any atom is -0.335 e. The van der Waals surface area contributed by atoms with Crippen molar-refractivity contribution in [3.05, 3.63) is 40.5 Å². The lowest BCUT2D eigenvalue weighted by Gasteiger charge is -2.33. The average Bonchev–Trinajstić information content (AvgIpc) is 3.12. The van der Waals surface area contributed by atoms with Crippen LogP contribution in [0.1, 0.15) is 23.8 Å². The van der Waals surface area contributed by atoms with Crippen molar-refractivity contribution in [3.8, 4) is 11.3 Å². The van der Waals surface area contributed by atoms with Crippen molar-refractivity contribution in [1.29, 1.82) is 0 Å². The summed E-state index contributed by atoms with van der Waals surface area (Å²) >= 11 is 3.39. The van der Waals surface area contributed by atoms with Gasteiger partial charge in [-0.1, -0.05) is 35.0 Å². The normalized spacial score (nSPS) is 16.0. The average molecular weight is 441 g/mol. The first-order chi connectivity index (χ1) is 12.4. The minimum absolute atomic E-state index is 0.151. The summed E-state index contributed by atoms with van der Waals surface area (Å²) in [4.78, 5) is 14.3. The molecule has 9 heteroatoms. The Morgan fingerprint density at radius 2 is 1.85 bits per heavy atom. The molecule has 0 bridgehead atoms. The zero-order valence-corrected chi connectivity index (χ0v) is 16.9. The second-order valence-corrected chi connectivity index (χ2v) is 9.19. The number of piperazine rings is 1. The number of sulfonamides is 1. The highest BCUT2D eigenvalue weighted by molar-refractivity contribution is 9.10. The lowest BCUT2D eigenvalue weighted by atomic mass is 10.1. The summed E-state index contributed by atoms with van der Waals surface area (Å²) in [6.07, 6.45) is 0.592. The maximum Gasteiger partial charge on any atom is 0.271 e. The number of aromatic nitrogens is 2. The zero-order chi connectivity index (χ0) is 18.7. The third-order valence-corrected chi connectivity index (χ3v) is 6.93. The third-order valence-electron chi connectivity index (χ3n) is 4.33. The van der Waals surface area contributed by atoms with Gasteiger partial charge in [0.25, 0.3) is 5.91 Å². The molecule has 1 saturated heterocycles. The molecule has 1 aromatic heterocycles. The predicted molar refractivity (Wildman–Crippen MR) is 103 cm³/mol. The van der Waals surface area contributed by atoms with Crippen LogP contribution in [0.15, 0.2) is 34.8 Å². The van der Waals surface area contributed by atoms with Crippen LogP contribution in [0.2, 0.25) is 0 Å². The Balaban J connectivity index is 1.65. The summed E-state index contributed by atoms with van der Waals surface area (Å²) in [5, 5.41) is 7.01. The van der Waals surface area contributed by atoms with Gasteiger partial charge in [-0.05, 0) is 24.6 Å². The molecule has 7 nitrogen and oxygen atoms in total. The third kappa shape index (κ3) is 4.16. The second-order valence-electron chi connectivity index (χ2n) is 6.18. The van der Waals surface area contributed by atoms with Gasteiger partial charge in [0, 0.05) is 36.2 Å². The summed E-state index contributed by atoms with van der Waals surface area (Å²) < 4.78 is 26.7. The fourth-order valence-electron chi connectivity index (χ4n) is 2.93. The lowest BCUT2D eigenvalue weighted by molar-refractivity contribution is 0.0692. The van der Waals surface area contributed by atoms with Gasteiger partial charge in [-0.25, -0.2) is 8.42 Å². The Hall–Kier alpha value is -1.71. The number of carbonyl (C=O) groups excluding carboxylic acids is 1. The number of carbonyl (C=O) groups is 1. The van der Waals surface area contributed by atoms with Crippen molar-refractivity contribution < 1.29 is 13.2 Å². The Kier molecular flexibility index (Phi) is 5.79. The number of hydrogen-bond acceptors (Lipinski definition) is 4. The maximum atomic E-state index is 12.7. The Bertz CT molecular complexity index is 872. The first kappa shape index (κ1) is 19.1. The van der Waals surface area contributed by atoms with Crippen molar-refractivity contribution in [2.45, 2.75) is 13.3 Å². The molecule has 2 heterocycles. The van der Waals surface area contributed by atoms with Crippen LogP contribution in [0.3, 0.4) is 0 Å². The van der Waals surface area contributed by atoms with Crippen LogP contribution in [-0.2, 0) is 10.0 Å². The van der Waals surface area contributed by atoms with Crippen molar-refractivity contribution in [2.24, 2.45) is 0 Å². The smallest absolute Gasteiger partial charge is 0.271 e. The molecule has 1 aliphatic heterocycles. The number of hydrogen-bond donors (Lipinski definition) is 1. The molecule has 1 aliphatic rings. The van der Waals surface area contributed by atoms with E-state index in [2.05, 4.69) is 26.1 Å². The molecule has 0 atom stereocenters. The summed E-state index contributed by atoms with van der Waals surface area (Å²) in [7, 11) is -3.21. The highest BCUT2D eigenvalue weighted by Gasteiger charge is 2.29. The summed E-state index contributed by atoms with van der Waals surface area (Å²) in [6.45, 7) is 3.28.